The lowest BCUT2D eigenvalue weighted by molar-refractivity contribution is 0.292. The van der Waals surface area contributed by atoms with Crippen LogP contribution in [0.4, 0.5) is 0 Å². The van der Waals surface area contributed by atoms with Gasteiger partial charge >= 0.3 is 0 Å². The third-order valence-corrected chi connectivity index (χ3v) is 3.73. The van der Waals surface area contributed by atoms with Crippen LogP contribution in [0.25, 0.3) is 22.3 Å². The summed E-state index contributed by atoms with van der Waals surface area (Å²) in [5, 5.41) is 5.26. The van der Waals surface area contributed by atoms with Gasteiger partial charge in [-0.15, -0.1) is 0 Å². The van der Waals surface area contributed by atoms with E-state index in [2.05, 4.69) is 15.1 Å². The number of nitrogens with one attached hydrogen (secondary N) is 1. The molecule has 0 saturated heterocycles. The maximum Gasteiger partial charge on any atom is 0.230 e. The van der Waals surface area contributed by atoms with Gasteiger partial charge < -0.3 is 9.51 Å². The molecule has 0 unspecified atom stereocenters. The van der Waals surface area contributed by atoms with Crippen LogP contribution in [0.5, 0.6) is 0 Å². The fraction of sp³-hybridized carbons (Fsp3) is 0.286. The van der Waals surface area contributed by atoms with E-state index in [-0.39, 0.29) is 0 Å². The molecule has 1 saturated carbocycles. The SMILES string of the molecule is c1cc(-c2noc(C3CCC3)n2)c2cc[nH]c2c1. The molecule has 4 rings (SSSR count). The molecule has 2 heterocycles. The van der Waals surface area contributed by atoms with Crippen molar-refractivity contribution >= 4 is 10.9 Å². The van der Waals surface area contributed by atoms with Crippen LogP contribution in [0.3, 0.4) is 0 Å². The van der Waals surface area contributed by atoms with Gasteiger partial charge in [0, 0.05) is 28.6 Å². The van der Waals surface area contributed by atoms with E-state index in [0.717, 1.165) is 22.4 Å². The van der Waals surface area contributed by atoms with Gasteiger partial charge in [-0.25, -0.2) is 0 Å². The minimum absolute atomic E-state index is 0.483. The molecular weight excluding hydrogens is 226 g/mol. The summed E-state index contributed by atoms with van der Waals surface area (Å²) in [6.07, 6.45) is 5.56. The molecule has 2 aromatic heterocycles. The summed E-state index contributed by atoms with van der Waals surface area (Å²) in [6.45, 7) is 0. The third kappa shape index (κ3) is 1.38. The van der Waals surface area contributed by atoms with Gasteiger partial charge in [0.25, 0.3) is 0 Å². The van der Waals surface area contributed by atoms with E-state index in [9.17, 15) is 0 Å². The molecule has 1 aliphatic rings. The number of rotatable bonds is 2. The minimum Gasteiger partial charge on any atom is -0.361 e. The van der Waals surface area contributed by atoms with Crippen molar-refractivity contribution in [1.29, 1.82) is 0 Å². The third-order valence-electron chi connectivity index (χ3n) is 3.73. The Labute approximate surface area is 104 Å². The quantitative estimate of drug-likeness (QED) is 0.744. The van der Waals surface area contributed by atoms with Crippen LogP contribution < -0.4 is 0 Å². The predicted molar refractivity (Wildman–Crippen MR) is 68.2 cm³/mol. The summed E-state index contributed by atoms with van der Waals surface area (Å²) in [6, 6.07) is 8.13. The van der Waals surface area contributed by atoms with Crippen LogP contribution in [-0.2, 0) is 0 Å². The number of hydrogen-bond acceptors (Lipinski definition) is 3. The highest BCUT2D eigenvalue weighted by molar-refractivity contribution is 5.93. The Bertz CT molecular complexity index is 694. The van der Waals surface area contributed by atoms with Crippen LogP contribution in [0.1, 0.15) is 31.1 Å². The van der Waals surface area contributed by atoms with E-state index >= 15 is 0 Å². The van der Waals surface area contributed by atoms with Crippen molar-refractivity contribution in [2.24, 2.45) is 0 Å². The number of nitrogens with zero attached hydrogens (tertiary/aromatic N) is 2. The Hall–Kier alpha value is -2.10. The average Bonchev–Trinajstić information content (AvgIpc) is 2.93. The van der Waals surface area contributed by atoms with E-state index in [1.807, 2.05) is 30.5 Å². The molecule has 0 aliphatic heterocycles. The Morgan fingerprint density at radius 1 is 1.22 bits per heavy atom. The lowest BCUT2D eigenvalue weighted by Crippen LogP contribution is -2.08. The Morgan fingerprint density at radius 2 is 2.17 bits per heavy atom. The fourth-order valence-corrected chi connectivity index (χ4v) is 2.45. The summed E-state index contributed by atoms with van der Waals surface area (Å²) in [7, 11) is 0. The number of aromatic nitrogens is 3. The van der Waals surface area contributed by atoms with E-state index in [1.165, 1.54) is 19.3 Å². The second-order valence-corrected chi connectivity index (χ2v) is 4.83. The highest BCUT2D eigenvalue weighted by atomic mass is 16.5. The molecule has 0 spiro atoms. The van der Waals surface area contributed by atoms with E-state index in [0.29, 0.717) is 11.7 Å². The topological polar surface area (TPSA) is 54.7 Å². The van der Waals surface area contributed by atoms with Crippen molar-refractivity contribution in [2.45, 2.75) is 25.2 Å². The molecule has 3 aromatic rings. The van der Waals surface area contributed by atoms with Crippen molar-refractivity contribution in [1.82, 2.24) is 15.1 Å². The molecule has 1 aliphatic carbocycles. The van der Waals surface area contributed by atoms with Crippen molar-refractivity contribution < 1.29 is 4.52 Å². The molecular formula is C14H13N3O. The highest BCUT2D eigenvalue weighted by Gasteiger charge is 2.25. The molecule has 0 atom stereocenters. The van der Waals surface area contributed by atoms with Gasteiger partial charge in [-0.05, 0) is 25.0 Å². The summed E-state index contributed by atoms with van der Waals surface area (Å²) >= 11 is 0. The minimum atomic E-state index is 0.483. The van der Waals surface area contributed by atoms with Gasteiger partial charge in [0.1, 0.15) is 0 Å². The standard InChI is InChI=1S/C14H13N3O/c1-3-9(4-1)14-16-13(17-18-14)11-5-2-6-12-10(11)7-8-15-12/h2,5-9,15H,1,3-4H2. The van der Waals surface area contributed by atoms with Crippen LogP contribution >= 0.6 is 0 Å². The van der Waals surface area contributed by atoms with Crippen molar-refractivity contribution in [2.75, 3.05) is 0 Å². The normalized spacial score (nSPS) is 16.0. The molecule has 1 N–H and O–H groups in total. The molecule has 0 amide bonds. The molecule has 1 aromatic carbocycles. The van der Waals surface area contributed by atoms with Gasteiger partial charge in [0.2, 0.25) is 11.7 Å². The average molecular weight is 239 g/mol. The van der Waals surface area contributed by atoms with Gasteiger partial charge in [-0.3, -0.25) is 0 Å². The molecule has 18 heavy (non-hydrogen) atoms. The number of benzene rings is 1. The largest absolute Gasteiger partial charge is 0.361 e. The van der Waals surface area contributed by atoms with Crippen molar-refractivity contribution in [3.05, 3.63) is 36.4 Å². The fourth-order valence-electron chi connectivity index (χ4n) is 2.45. The summed E-state index contributed by atoms with van der Waals surface area (Å²) in [5.41, 5.74) is 2.13. The second-order valence-electron chi connectivity index (χ2n) is 4.83. The van der Waals surface area contributed by atoms with Gasteiger partial charge in [0.05, 0.1) is 0 Å². The van der Waals surface area contributed by atoms with E-state index in [1.54, 1.807) is 0 Å². The first-order chi connectivity index (χ1) is 8.92. The predicted octanol–water partition coefficient (Wildman–Crippen LogP) is 3.49. The number of fused-ring (bicyclic) bond motifs is 1. The van der Waals surface area contributed by atoms with E-state index in [4.69, 9.17) is 4.52 Å². The number of hydrogen-bond donors (Lipinski definition) is 1. The zero-order chi connectivity index (χ0) is 11.9. The molecule has 4 nitrogen and oxygen atoms in total. The summed E-state index contributed by atoms with van der Waals surface area (Å²) in [4.78, 5) is 7.74. The van der Waals surface area contributed by atoms with E-state index < -0.39 is 0 Å². The Kier molecular flexibility index (Phi) is 2.03. The first kappa shape index (κ1) is 9.88. The number of aromatic amines is 1. The Balaban J connectivity index is 1.81. The second kappa shape index (κ2) is 3.70. The monoisotopic (exact) mass is 239 g/mol. The molecule has 0 bridgehead atoms. The molecule has 0 radical (unpaired) electrons. The summed E-state index contributed by atoms with van der Waals surface area (Å²) < 4.78 is 5.38. The van der Waals surface area contributed by atoms with Crippen LogP contribution in [0.15, 0.2) is 35.0 Å². The van der Waals surface area contributed by atoms with Crippen molar-refractivity contribution in [3.8, 4) is 11.4 Å². The molecule has 4 heteroatoms. The van der Waals surface area contributed by atoms with Crippen LogP contribution in [0.2, 0.25) is 0 Å². The molecule has 1 fully saturated rings. The zero-order valence-electron chi connectivity index (χ0n) is 9.89. The smallest absolute Gasteiger partial charge is 0.230 e. The van der Waals surface area contributed by atoms with Gasteiger partial charge in [0.15, 0.2) is 0 Å². The lowest BCUT2D eigenvalue weighted by atomic mass is 9.85. The highest BCUT2D eigenvalue weighted by Crippen LogP contribution is 2.36. The first-order valence-electron chi connectivity index (χ1n) is 6.32. The Morgan fingerprint density at radius 3 is 3.00 bits per heavy atom. The molecule has 90 valence electrons. The maximum atomic E-state index is 5.38. The zero-order valence-corrected chi connectivity index (χ0v) is 9.89. The maximum absolute atomic E-state index is 5.38. The summed E-state index contributed by atoms with van der Waals surface area (Å²) in [5.74, 6) is 1.97. The van der Waals surface area contributed by atoms with Crippen LogP contribution in [-0.4, -0.2) is 15.1 Å². The lowest BCUT2D eigenvalue weighted by Gasteiger charge is -2.20. The first-order valence-corrected chi connectivity index (χ1v) is 6.32. The van der Waals surface area contributed by atoms with Gasteiger partial charge in [-0.2, -0.15) is 4.98 Å². The van der Waals surface area contributed by atoms with Crippen molar-refractivity contribution in [3.63, 3.8) is 0 Å². The van der Waals surface area contributed by atoms with Gasteiger partial charge in [-0.1, -0.05) is 23.7 Å². The number of H-pyrrole nitrogens is 1. The van der Waals surface area contributed by atoms with Crippen LogP contribution in [0, 0.1) is 0 Å².